The number of aryl methyl sites for hydroxylation is 1. The summed E-state index contributed by atoms with van der Waals surface area (Å²) in [6.07, 6.45) is 3.88. The van der Waals surface area contributed by atoms with Crippen molar-refractivity contribution in [1.29, 1.82) is 0 Å². The molecule has 21 heavy (non-hydrogen) atoms. The maximum Gasteiger partial charge on any atom is 0.314 e. The van der Waals surface area contributed by atoms with Gasteiger partial charge in [0.2, 0.25) is 5.82 Å². The Morgan fingerprint density at radius 3 is 3.00 bits per heavy atom. The minimum atomic E-state index is -0.312. The molecule has 1 aliphatic heterocycles. The number of piperidine rings is 1. The molecule has 1 fully saturated rings. The van der Waals surface area contributed by atoms with Gasteiger partial charge in [-0.2, -0.15) is 0 Å². The van der Waals surface area contributed by atoms with Crippen LogP contribution in [0.1, 0.15) is 32.3 Å². The standard InChI is InChI=1S/C15H24N4O2/c1-11(2)17-9-13-5-4-8-18(10-13)15-14(19(20)21)12(3)6-7-16-15/h6-7,11,13,17H,4-5,8-10H2,1-3H3. The first-order chi connectivity index (χ1) is 9.99. The van der Waals surface area contributed by atoms with Gasteiger partial charge >= 0.3 is 5.69 Å². The Kier molecular flexibility index (Phi) is 5.12. The second kappa shape index (κ2) is 6.85. The van der Waals surface area contributed by atoms with E-state index in [9.17, 15) is 10.1 Å². The molecule has 0 aliphatic carbocycles. The Labute approximate surface area is 125 Å². The van der Waals surface area contributed by atoms with Gasteiger partial charge in [-0.05, 0) is 38.3 Å². The summed E-state index contributed by atoms with van der Waals surface area (Å²) in [5.41, 5.74) is 0.822. The Morgan fingerprint density at radius 2 is 2.33 bits per heavy atom. The summed E-state index contributed by atoms with van der Waals surface area (Å²) in [4.78, 5) is 17.3. The van der Waals surface area contributed by atoms with Gasteiger partial charge in [-0.1, -0.05) is 13.8 Å². The van der Waals surface area contributed by atoms with Crippen molar-refractivity contribution in [2.75, 3.05) is 24.5 Å². The third kappa shape index (κ3) is 3.91. The van der Waals surface area contributed by atoms with Crippen LogP contribution in [0.25, 0.3) is 0 Å². The van der Waals surface area contributed by atoms with E-state index >= 15 is 0 Å². The molecule has 1 atom stereocenters. The van der Waals surface area contributed by atoms with Crippen molar-refractivity contribution < 1.29 is 4.92 Å². The van der Waals surface area contributed by atoms with Crippen molar-refractivity contribution in [3.8, 4) is 0 Å². The van der Waals surface area contributed by atoms with E-state index in [0.29, 0.717) is 23.3 Å². The van der Waals surface area contributed by atoms with E-state index in [4.69, 9.17) is 0 Å². The number of hydrogen-bond donors (Lipinski definition) is 1. The van der Waals surface area contributed by atoms with Crippen LogP contribution in [0.2, 0.25) is 0 Å². The first kappa shape index (κ1) is 15.7. The largest absolute Gasteiger partial charge is 0.351 e. The third-order valence-electron chi connectivity index (χ3n) is 3.92. The number of hydrogen-bond acceptors (Lipinski definition) is 5. The molecule has 1 aliphatic rings. The maximum atomic E-state index is 11.3. The molecular formula is C15H24N4O2. The molecule has 0 bridgehead atoms. The molecule has 1 unspecified atom stereocenters. The van der Waals surface area contributed by atoms with Crippen LogP contribution >= 0.6 is 0 Å². The van der Waals surface area contributed by atoms with Gasteiger partial charge in [-0.15, -0.1) is 0 Å². The predicted molar refractivity (Wildman–Crippen MR) is 83.7 cm³/mol. The summed E-state index contributed by atoms with van der Waals surface area (Å²) in [5, 5.41) is 14.8. The van der Waals surface area contributed by atoms with E-state index in [2.05, 4.69) is 29.0 Å². The molecule has 1 aromatic rings. The van der Waals surface area contributed by atoms with Gasteiger partial charge in [-0.3, -0.25) is 10.1 Å². The van der Waals surface area contributed by atoms with E-state index < -0.39 is 0 Å². The zero-order valence-electron chi connectivity index (χ0n) is 13.0. The molecule has 1 N–H and O–H groups in total. The highest BCUT2D eigenvalue weighted by molar-refractivity contribution is 5.61. The molecule has 0 aromatic carbocycles. The number of nitro groups is 1. The summed E-state index contributed by atoms with van der Waals surface area (Å²) in [6, 6.07) is 2.16. The molecule has 2 heterocycles. The first-order valence-corrected chi connectivity index (χ1v) is 7.57. The lowest BCUT2D eigenvalue weighted by Crippen LogP contribution is -2.41. The molecule has 6 nitrogen and oxygen atoms in total. The molecule has 6 heteroatoms. The minimum absolute atomic E-state index is 0.148. The SMILES string of the molecule is Cc1ccnc(N2CCCC(CNC(C)C)C2)c1[N+](=O)[O-]. The van der Waals surface area contributed by atoms with Gasteiger partial charge in [-0.25, -0.2) is 4.98 Å². The number of rotatable bonds is 5. The Balaban J connectivity index is 2.14. The Hall–Kier alpha value is -1.69. The lowest BCUT2D eigenvalue weighted by Gasteiger charge is -2.33. The molecule has 1 saturated heterocycles. The van der Waals surface area contributed by atoms with Crippen molar-refractivity contribution >= 4 is 11.5 Å². The first-order valence-electron chi connectivity index (χ1n) is 7.57. The fourth-order valence-electron chi connectivity index (χ4n) is 2.82. The van der Waals surface area contributed by atoms with Crippen LogP contribution in [0.3, 0.4) is 0 Å². The molecule has 0 amide bonds. The molecular weight excluding hydrogens is 268 g/mol. The highest BCUT2D eigenvalue weighted by Crippen LogP contribution is 2.31. The lowest BCUT2D eigenvalue weighted by molar-refractivity contribution is -0.384. The topological polar surface area (TPSA) is 71.3 Å². The highest BCUT2D eigenvalue weighted by Gasteiger charge is 2.27. The zero-order chi connectivity index (χ0) is 15.4. The van der Waals surface area contributed by atoms with E-state index in [1.807, 2.05) is 0 Å². The lowest BCUT2D eigenvalue weighted by atomic mass is 9.97. The van der Waals surface area contributed by atoms with Crippen molar-refractivity contribution in [3.05, 3.63) is 27.9 Å². The number of anilines is 1. The molecule has 1 aromatic heterocycles. The van der Waals surface area contributed by atoms with E-state index in [-0.39, 0.29) is 10.6 Å². The van der Waals surface area contributed by atoms with Crippen molar-refractivity contribution in [2.45, 2.75) is 39.7 Å². The quantitative estimate of drug-likeness (QED) is 0.667. The zero-order valence-corrected chi connectivity index (χ0v) is 13.0. The van der Waals surface area contributed by atoms with Crippen molar-refractivity contribution in [2.24, 2.45) is 5.92 Å². The van der Waals surface area contributed by atoms with Crippen LogP contribution in [0.15, 0.2) is 12.3 Å². The minimum Gasteiger partial charge on any atom is -0.351 e. The van der Waals surface area contributed by atoms with E-state index in [1.165, 1.54) is 0 Å². The van der Waals surface area contributed by atoms with Crippen LogP contribution in [-0.4, -0.2) is 35.6 Å². The predicted octanol–water partition coefficient (Wildman–Crippen LogP) is 2.51. The van der Waals surface area contributed by atoms with Crippen molar-refractivity contribution in [3.63, 3.8) is 0 Å². The fourth-order valence-corrected chi connectivity index (χ4v) is 2.82. The summed E-state index contributed by atoms with van der Waals surface area (Å²) in [7, 11) is 0. The van der Waals surface area contributed by atoms with E-state index in [0.717, 1.165) is 32.5 Å². The Bertz CT molecular complexity index is 504. The van der Waals surface area contributed by atoms with E-state index in [1.54, 1.807) is 19.2 Å². The molecule has 116 valence electrons. The molecule has 0 spiro atoms. The number of aromatic nitrogens is 1. The van der Waals surface area contributed by atoms with Gasteiger partial charge in [0.05, 0.1) is 4.92 Å². The molecule has 0 radical (unpaired) electrons. The third-order valence-corrected chi connectivity index (χ3v) is 3.92. The monoisotopic (exact) mass is 292 g/mol. The second-order valence-corrected chi connectivity index (χ2v) is 6.07. The van der Waals surface area contributed by atoms with Crippen LogP contribution in [0, 0.1) is 23.0 Å². The summed E-state index contributed by atoms with van der Waals surface area (Å²) >= 11 is 0. The summed E-state index contributed by atoms with van der Waals surface area (Å²) < 4.78 is 0. The van der Waals surface area contributed by atoms with Crippen LogP contribution < -0.4 is 10.2 Å². The van der Waals surface area contributed by atoms with Gasteiger partial charge in [0, 0.05) is 30.9 Å². The molecule has 2 rings (SSSR count). The van der Waals surface area contributed by atoms with Gasteiger partial charge in [0.1, 0.15) is 0 Å². The van der Waals surface area contributed by atoms with Gasteiger partial charge < -0.3 is 10.2 Å². The summed E-state index contributed by atoms with van der Waals surface area (Å²) in [5.74, 6) is 1.04. The normalized spacial score (nSPS) is 19.0. The smallest absolute Gasteiger partial charge is 0.314 e. The average molecular weight is 292 g/mol. The van der Waals surface area contributed by atoms with Gasteiger partial charge in [0.15, 0.2) is 0 Å². The number of nitrogens with one attached hydrogen (secondary N) is 1. The highest BCUT2D eigenvalue weighted by atomic mass is 16.6. The van der Waals surface area contributed by atoms with Crippen molar-refractivity contribution in [1.82, 2.24) is 10.3 Å². The number of pyridine rings is 1. The molecule has 0 saturated carbocycles. The Morgan fingerprint density at radius 1 is 1.57 bits per heavy atom. The average Bonchev–Trinajstić information content (AvgIpc) is 2.44. The maximum absolute atomic E-state index is 11.3. The van der Waals surface area contributed by atoms with Gasteiger partial charge in [0.25, 0.3) is 0 Å². The van der Waals surface area contributed by atoms with Crippen LogP contribution in [0.4, 0.5) is 11.5 Å². The second-order valence-electron chi connectivity index (χ2n) is 6.07. The van der Waals surface area contributed by atoms with Crippen LogP contribution in [0.5, 0.6) is 0 Å². The summed E-state index contributed by atoms with van der Waals surface area (Å²) in [6.45, 7) is 8.66. The number of nitrogens with zero attached hydrogens (tertiary/aromatic N) is 3. The fraction of sp³-hybridized carbons (Fsp3) is 0.667. The van der Waals surface area contributed by atoms with Crippen LogP contribution in [-0.2, 0) is 0 Å².